The van der Waals surface area contributed by atoms with Gasteiger partial charge in [-0.2, -0.15) is 18.4 Å². The van der Waals surface area contributed by atoms with Crippen LogP contribution in [-0.4, -0.2) is 49.1 Å². The lowest BCUT2D eigenvalue weighted by Gasteiger charge is -2.28. The molecule has 2 fully saturated rings. The molecular formula is C20H22F4N4O4S. The van der Waals surface area contributed by atoms with Crippen molar-refractivity contribution in [2.75, 3.05) is 5.75 Å². The molecule has 1 aliphatic heterocycles. The Hall–Kier alpha value is -2.72. The van der Waals surface area contributed by atoms with Crippen LogP contribution in [0.3, 0.4) is 0 Å². The average molecular weight is 490 g/mol. The molecule has 3 atom stereocenters. The number of rotatable bonds is 9. The van der Waals surface area contributed by atoms with Crippen LogP contribution in [0.25, 0.3) is 0 Å². The van der Waals surface area contributed by atoms with Gasteiger partial charge in [-0.15, -0.1) is 0 Å². The maximum Gasteiger partial charge on any atom is 0.407 e. The maximum atomic E-state index is 13.8. The van der Waals surface area contributed by atoms with Gasteiger partial charge in [0, 0.05) is 12.5 Å². The maximum absolute atomic E-state index is 13.8. The highest BCUT2D eigenvalue weighted by Crippen LogP contribution is 2.36. The zero-order chi connectivity index (χ0) is 24.4. The third-order valence-corrected chi connectivity index (χ3v) is 7.59. The molecule has 1 aromatic rings. The van der Waals surface area contributed by atoms with Crippen LogP contribution in [0.1, 0.15) is 43.7 Å². The van der Waals surface area contributed by atoms with Crippen LogP contribution in [0.15, 0.2) is 24.3 Å². The van der Waals surface area contributed by atoms with E-state index in [9.17, 15) is 35.6 Å². The fourth-order valence-corrected chi connectivity index (χ4v) is 5.38. The van der Waals surface area contributed by atoms with Gasteiger partial charge in [0.15, 0.2) is 9.84 Å². The Morgan fingerprint density at radius 2 is 1.91 bits per heavy atom. The Kier molecular flexibility index (Phi) is 6.99. The molecule has 1 aromatic carbocycles. The topological polar surface area (TPSA) is 128 Å². The van der Waals surface area contributed by atoms with Gasteiger partial charge < -0.3 is 10.6 Å². The van der Waals surface area contributed by atoms with E-state index < -0.39 is 68.5 Å². The summed E-state index contributed by atoms with van der Waals surface area (Å²) in [5, 5.41) is 14.0. The molecule has 0 aromatic heterocycles. The number of nitrogens with zero attached hydrogens (tertiary/aromatic N) is 1. The number of nitriles is 1. The minimum Gasteiger partial charge on any atom is -0.352 e. The lowest BCUT2D eigenvalue weighted by Crippen LogP contribution is -2.50. The summed E-state index contributed by atoms with van der Waals surface area (Å²) in [4.78, 5) is 23.9. The van der Waals surface area contributed by atoms with Gasteiger partial charge in [-0.25, -0.2) is 12.8 Å². The summed E-state index contributed by atoms with van der Waals surface area (Å²) < 4.78 is 80.8. The molecule has 1 heterocycles. The average Bonchev–Trinajstić information content (AvgIpc) is 3.37. The van der Waals surface area contributed by atoms with E-state index in [2.05, 4.69) is 10.6 Å². The fourth-order valence-electron chi connectivity index (χ4n) is 3.59. The van der Waals surface area contributed by atoms with Crippen molar-refractivity contribution in [3.63, 3.8) is 0 Å². The van der Waals surface area contributed by atoms with Crippen molar-refractivity contribution in [1.82, 2.24) is 16.0 Å². The van der Waals surface area contributed by atoms with E-state index in [1.165, 1.54) is 0 Å². The summed E-state index contributed by atoms with van der Waals surface area (Å²) in [5.74, 6) is -2.71. The second-order valence-corrected chi connectivity index (χ2v) is 10.5. The smallest absolute Gasteiger partial charge is 0.352 e. The van der Waals surface area contributed by atoms with Gasteiger partial charge >= 0.3 is 6.18 Å². The Labute approximate surface area is 187 Å². The summed E-state index contributed by atoms with van der Waals surface area (Å²) in [6.45, 7) is 0. The van der Waals surface area contributed by atoms with Crippen molar-refractivity contribution in [3.05, 3.63) is 35.6 Å². The standard InChI is InChI=1S/C20H22F4N4O4S/c21-13-3-1-12(2-4-13)18(20(22,23)24)27-17(9-16(30)28-19(11-25)7-8-19)33(31,32)10-14-5-6-15(29)26-14/h1-4,14,17-18,27H,5-10H2,(H,26,29)(H,28,30)/t14?,17-,18+/m1/s1. The molecule has 1 saturated carbocycles. The zero-order valence-electron chi connectivity index (χ0n) is 17.3. The molecule has 8 nitrogen and oxygen atoms in total. The van der Waals surface area contributed by atoms with Crippen LogP contribution in [-0.2, 0) is 19.4 Å². The number of benzene rings is 1. The van der Waals surface area contributed by atoms with Crippen LogP contribution in [0, 0.1) is 17.1 Å². The second kappa shape index (κ2) is 9.26. The molecule has 1 unspecified atom stereocenters. The Morgan fingerprint density at radius 3 is 2.39 bits per heavy atom. The third kappa shape index (κ3) is 6.42. The highest BCUT2D eigenvalue weighted by Gasteiger charge is 2.47. The van der Waals surface area contributed by atoms with Crippen LogP contribution >= 0.6 is 0 Å². The second-order valence-electron chi connectivity index (χ2n) is 8.26. The molecule has 180 valence electrons. The normalized spacial score (nSPS) is 21.5. The number of hydrogen-bond donors (Lipinski definition) is 3. The molecule has 1 saturated heterocycles. The minimum absolute atomic E-state index is 0.0875. The Bertz CT molecular complexity index is 1050. The highest BCUT2D eigenvalue weighted by molar-refractivity contribution is 7.92. The first-order valence-corrected chi connectivity index (χ1v) is 11.9. The van der Waals surface area contributed by atoms with Gasteiger partial charge in [0.25, 0.3) is 0 Å². The Balaban J connectivity index is 1.87. The number of hydrogen-bond acceptors (Lipinski definition) is 6. The van der Waals surface area contributed by atoms with E-state index in [-0.39, 0.29) is 18.7 Å². The van der Waals surface area contributed by atoms with E-state index in [0.717, 1.165) is 24.3 Å². The number of sulfone groups is 1. The van der Waals surface area contributed by atoms with E-state index in [0.29, 0.717) is 12.8 Å². The summed E-state index contributed by atoms with van der Waals surface area (Å²) in [5.41, 5.74) is -1.57. The molecule has 33 heavy (non-hydrogen) atoms. The number of carbonyl (C=O) groups excluding carboxylic acids is 2. The molecule has 3 N–H and O–H groups in total. The molecule has 13 heteroatoms. The van der Waals surface area contributed by atoms with E-state index >= 15 is 0 Å². The van der Waals surface area contributed by atoms with Crippen molar-refractivity contribution >= 4 is 21.7 Å². The molecule has 1 aliphatic carbocycles. The molecule has 0 spiro atoms. The summed E-state index contributed by atoms with van der Waals surface area (Å²) in [7, 11) is -4.38. The zero-order valence-corrected chi connectivity index (χ0v) is 18.1. The van der Waals surface area contributed by atoms with E-state index in [4.69, 9.17) is 5.26 Å². The number of carbonyl (C=O) groups is 2. The van der Waals surface area contributed by atoms with Crippen molar-refractivity contribution < 1.29 is 35.6 Å². The van der Waals surface area contributed by atoms with Gasteiger partial charge in [-0.3, -0.25) is 14.9 Å². The molecule has 2 aliphatic rings. The predicted octanol–water partition coefficient (Wildman–Crippen LogP) is 1.60. The number of amides is 2. The van der Waals surface area contributed by atoms with Crippen molar-refractivity contribution in [2.24, 2.45) is 0 Å². The highest BCUT2D eigenvalue weighted by atomic mass is 32.2. The summed E-state index contributed by atoms with van der Waals surface area (Å²) >= 11 is 0. The first-order chi connectivity index (χ1) is 15.3. The number of alkyl halides is 3. The first-order valence-electron chi connectivity index (χ1n) is 10.1. The fraction of sp³-hybridized carbons (Fsp3) is 0.550. The van der Waals surface area contributed by atoms with Crippen LogP contribution in [0.5, 0.6) is 0 Å². The quantitative estimate of drug-likeness (QED) is 0.451. The number of nitrogens with one attached hydrogen (secondary N) is 3. The monoisotopic (exact) mass is 490 g/mol. The van der Waals surface area contributed by atoms with Crippen LogP contribution < -0.4 is 16.0 Å². The first kappa shape index (κ1) is 24.9. The summed E-state index contributed by atoms with van der Waals surface area (Å²) in [6.07, 6.45) is -4.85. The number of halogens is 4. The summed E-state index contributed by atoms with van der Waals surface area (Å²) in [6, 6.07) is 1.95. The van der Waals surface area contributed by atoms with Gasteiger partial charge in [-0.1, -0.05) is 12.1 Å². The van der Waals surface area contributed by atoms with E-state index in [1.54, 1.807) is 0 Å². The van der Waals surface area contributed by atoms with Crippen LogP contribution in [0.2, 0.25) is 0 Å². The molecule has 2 amide bonds. The van der Waals surface area contributed by atoms with Gasteiger partial charge in [0.2, 0.25) is 11.8 Å². The minimum atomic E-state index is -4.96. The lowest BCUT2D eigenvalue weighted by atomic mass is 10.1. The molecule has 0 bridgehead atoms. The molecular weight excluding hydrogens is 468 g/mol. The SMILES string of the molecule is N#CC1(NC(=O)C[C@H](N[C@@H](c2ccc(F)cc2)C(F)(F)F)S(=O)(=O)CC2CCC(=O)N2)CC1. The van der Waals surface area contributed by atoms with Crippen molar-refractivity contribution in [3.8, 4) is 6.07 Å². The van der Waals surface area contributed by atoms with E-state index in [1.807, 2.05) is 11.4 Å². The largest absolute Gasteiger partial charge is 0.407 e. The Morgan fingerprint density at radius 1 is 1.27 bits per heavy atom. The lowest BCUT2D eigenvalue weighted by molar-refractivity contribution is -0.158. The van der Waals surface area contributed by atoms with Crippen molar-refractivity contribution in [1.29, 1.82) is 5.26 Å². The van der Waals surface area contributed by atoms with Gasteiger partial charge in [-0.05, 0) is 37.0 Å². The van der Waals surface area contributed by atoms with Gasteiger partial charge in [0.05, 0.1) is 18.2 Å². The molecule has 3 rings (SSSR count). The third-order valence-electron chi connectivity index (χ3n) is 5.55. The molecule has 0 radical (unpaired) electrons. The van der Waals surface area contributed by atoms with Gasteiger partial charge in [0.1, 0.15) is 22.8 Å². The van der Waals surface area contributed by atoms with Crippen LogP contribution in [0.4, 0.5) is 17.6 Å². The predicted molar refractivity (Wildman–Crippen MR) is 107 cm³/mol. The van der Waals surface area contributed by atoms with Crippen molar-refractivity contribution in [2.45, 2.75) is 61.3 Å².